The molecule has 1 rings (SSSR count). The minimum Gasteiger partial charge on any atom is -0.282 e. The number of benzene rings is 1. The third-order valence-corrected chi connectivity index (χ3v) is 3.74. The highest BCUT2D eigenvalue weighted by molar-refractivity contribution is 7.85. The third kappa shape index (κ3) is 2.62. The van der Waals surface area contributed by atoms with E-state index in [4.69, 9.17) is 4.55 Å². The quantitative estimate of drug-likeness (QED) is 0.770. The molecule has 0 saturated carbocycles. The van der Waals surface area contributed by atoms with Crippen LogP contribution >= 0.6 is 0 Å². The van der Waals surface area contributed by atoms with E-state index in [1.54, 1.807) is 13.0 Å². The van der Waals surface area contributed by atoms with Crippen LogP contribution in [0.4, 0.5) is 0 Å². The first-order valence-corrected chi connectivity index (χ1v) is 6.56. The fourth-order valence-electron chi connectivity index (χ4n) is 1.53. The number of rotatable bonds is 1. The monoisotopic (exact) mass is 242 g/mol. The molecule has 1 aromatic rings. The van der Waals surface area contributed by atoms with Crippen LogP contribution in [-0.2, 0) is 15.5 Å². The molecule has 0 aliphatic carbocycles. The van der Waals surface area contributed by atoms with Gasteiger partial charge in [0.2, 0.25) is 0 Å². The summed E-state index contributed by atoms with van der Waals surface area (Å²) in [6.07, 6.45) is 0. The van der Waals surface area contributed by atoms with E-state index in [1.165, 1.54) is 0 Å². The van der Waals surface area contributed by atoms with Crippen LogP contribution in [0.25, 0.3) is 0 Å². The summed E-state index contributed by atoms with van der Waals surface area (Å²) in [5.74, 6) is 0. The Morgan fingerprint density at radius 2 is 1.62 bits per heavy atom. The van der Waals surface area contributed by atoms with Gasteiger partial charge in [-0.25, -0.2) is 0 Å². The Kier molecular flexibility index (Phi) is 3.18. The molecule has 0 amide bonds. The van der Waals surface area contributed by atoms with Crippen LogP contribution in [0.1, 0.15) is 37.5 Å². The summed E-state index contributed by atoms with van der Waals surface area (Å²) < 4.78 is 31.6. The number of aryl methyl sites for hydroxylation is 1. The first-order valence-electron chi connectivity index (χ1n) is 5.12. The van der Waals surface area contributed by atoms with Gasteiger partial charge in [-0.1, -0.05) is 26.8 Å². The SMILES string of the molecule is Cc1cc(C(C)(C)C)cc(S(=O)(=O)O)c1C. The van der Waals surface area contributed by atoms with Crippen molar-refractivity contribution in [1.29, 1.82) is 0 Å². The Hall–Kier alpha value is -0.870. The Morgan fingerprint density at radius 1 is 1.12 bits per heavy atom. The highest BCUT2D eigenvalue weighted by atomic mass is 32.2. The molecule has 1 aromatic carbocycles. The van der Waals surface area contributed by atoms with Crippen LogP contribution in [-0.4, -0.2) is 13.0 Å². The van der Waals surface area contributed by atoms with E-state index >= 15 is 0 Å². The fourth-order valence-corrected chi connectivity index (χ4v) is 2.35. The average Bonchev–Trinajstić information content (AvgIpc) is 2.05. The lowest BCUT2D eigenvalue weighted by Crippen LogP contribution is -2.14. The van der Waals surface area contributed by atoms with E-state index in [9.17, 15) is 8.42 Å². The Bertz CT molecular complexity index is 508. The average molecular weight is 242 g/mol. The summed E-state index contributed by atoms with van der Waals surface area (Å²) in [6.45, 7) is 9.56. The second-order valence-electron chi connectivity index (χ2n) is 5.14. The van der Waals surface area contributed by atoms with E-state index in [0.29, 0.717) is 5.56 Å². The Balaban J connectivity index is 3.59. The predicted octanol–water partition coefficient (Wildman–Crippen LogP) is 2.85. The van der Waals surface area contributed by atoms with Crippen molar-refractivity contribution >= 4 is 10.1 Å². The molecule has 3 nitrogen and oxygen atoms in total. The molecule has 0 aliphatic heterocycles. The summed E-state index contributed by atoms with van der Waals surface area (Å²) in [4.78, 5) is 0.0115. The fraction of sp³-hybridized carbons (Fsp3) is 0.500. The molecule has 0 heterocycles. The van der Waals surface area contributed by atoms with Crippen LogP contribution < -0.4 is 0 Å². The van der Waals surface area contributed by atoms with Crippen molar-refractivity contribution < 1.29 is 13.0 Å². The lowest BCUT2D eigenvalue weighted by Gasteiger charge is -2.21. The maximum Gasteiger partial charge on any atom is 0.294 e. The first kappa shape index (κ1) is 13.2. The van der Waals surface area contributed by atoms with E-state index in [2.05, 4.69) is 0 Å². The van der Waals surface area contributed by atoms with Gasteiger partial charge >= 0.3 is 0 Å². The number of hydrogen-bond donors (Lipinski definition) is 1. The largest absolute Gasteiger partial charge is 0.294 e. The van der Waals surface area contributed by atoms with Crippen molar-refractivity contribution in [2.24, 2.45) is 0 Å². The van der Waals surface area contributed by atoms with Gasteiger partial charge in [-0.2, -0.15) is 8.42 Å². The van der Waals surface area contributed by atoms with Crippen LogP contribution in [0.3, 0.4) is 0 Å². The summed E-state index contributed by atoms with van der Waals surface area (Å²) in [7, 11) is -4.14. The molecular weight excluding hydrogens is 224 g/mol. The molecule has 0 spiro atoms. The topological polar surface area (TPSA) is 54.4 Å². The highest BCUT2D eigenvalue weighted by Crippen LogP contribution is 2.28. The van der Waals surface area contributed by atoms with Crippen LogP contribution in [0.5, 0.6) is 0 Å². The zero-order valence-corrected chi connectivity index (χ0v) is 11.1. The first-order chi connectivity index (χ1) is 7.03. The molecule has 0 unspecified atom stereocenters. The van der Waals surface area contributed by atoms with E-state index in [1.807, 2.05) is 33.8 Å². The molecular formula is C12H18O3S. The number of hydrogen-bond acceptors (Lipinski definition) is 2. The van der Waals surface area contributed by atoms with Gasteiger partial charge < -0.3 is 0 Å². The molecule has 90 valence electrons. The third-order valence-electron chi connectivity index (χ3n) is 2.76. The van der Waals surface area contributed by atoms with Crippen molar-refractivity contribution in [3.05, 3.63) is 28.8 Å². The van der Waals surface area contributed by atoms with Gasteiger partial charge in [-0.05, 0) is 42.0 Å². The van der Waals surface area contributed by atoms with E-state index in [-0.39, 0.29) is 10.3 Å². The molecule has 0 fully saturated rings. The van der Waals surface area contributed by atoms with Gasteiger partial charge in [-0.3, -0.25) is 4.55 Å². The molecule has 1 N–H and O–H groups in total. The Labute approximate surface area is 97.2 Å². The van der Waals surface area contributed by atoms with Gasteiger partial charge in [0.05, 0.1) is 4.90 Å². The van der Waals surface area contributed by atoms with Crippen LogP contribution in [0.2, 0.25) is 0 Å². The molecule has 0 atom stereocenters. The van der Waals surface area contributed by atoms with Crippen molar-refractivity contribution in [2.45, 2.75) is 44.9 Å². The van der Waals surface area contributed by atoms with Gasteiger partial charge in [0.15, 0.2) is 0 Å². The molecule has 0 aliphatic rings. The lowest BCUT2D eigenvalue weighted by molar-refractivity contribution is 0.481. The van der Waals surface area contributed by atoms with Gasteiger partial charge in [-0.15, -0.1) is 0 Å². The lowest BCUT2D eigenvalue weighted by atomic mass is 9.85. The van der Waals surface area contributed by atoms with E-state index < -0.39 is 10.1 Å². The molecule has 0 bridgehead atoms. The summed E-state index contributed by atoms with van der Waals surface area (Å²) in [5, 5.41) is 0. The zero-order chi connectivity index (χ0) is 12.7. The van der Waals surface area contributed by atoms with Crippen molar-refractivity contribution in [3.63, 3.8) is 0 Å². The maximum atomic E-state index is 11.2. The van der Waals surface area contributed by atoms with Crippen LogP contribution in [0.15, 0.2) is 17.0 Å². The molecule has 0 aromatic heterocycles. The second-order valence-corrected chi connectivity index (χ2v) is 6.53. The normalized spacial score (nSPS) is 12.9. The van der Waals surface area contributed by atoms with Gasteiger partial charge in [0.25, 0.3) is 10.1 Å². The standard InChI is InChI=1S/C12H18O3S/c1-8-6-10(12(3,4)5)7-11(9(8)2)16(13,14)15/h6-7H,1-5H3,(H,13,14,15). The summed E-state index contributed by atoms with van der Waals surface area (Å²) in [6, 6.07) is 3.52. The summed E-state index contributed by atoms with van der Waals surface area (Å²) in [5.41, 5.74) is 2.25. The molecule has 16 heavy (non-hydrogen) atoms. The van der Waals surface area contributed by atoms with Gasteiger partial charge in [0.1, 0.15) is 0 Å². The minimum atomic E-state index is -4.14. The Morgan fingerprint density at radius 3 is 2.00 bits per heavy atom. The van der Waals surface area contributed by atoms with Crippen molar-refractivity contribution in [1.82, 2.24) is 0 Å². The van der Waals surface area contributed by atoms with Gasteiger partial charge in [0, 0.05) is 0 Å². The maximum absolute atomic E-state index is 11.2. The molecule has 0 radical (unpaired) electrons. The molecule has 4 heteroatoms. The highest BCUT2D eigenvalue weighted by Gasteiger charge is 2.21. The van der Waals surface area contributed by atoms with E-state index in [0.717, 1.165) is 11.1 Å². The minimum absolute atomic E-state index is 0.0115. The smallest absolute Gasteiger partial charge is 0.282 e. The van der Waals surface area contributed by atoms with Crippen molar-refractivity contribution in [2.75, 3.05) is 0 Å². The predicted molar refractivity (Wildman–Crippen MR) is 64.4 cm³/mol. The summed E-state index contributed by atoms with van der Waals surface area (Å²) >= 11 is 0. The van der Waals surface area contributed by atoms with Crippen LogP contribution in [0, 0.1) is 13.8 Å². The molecule has 0 saturated heterocycles. The zero-order valence-electron chi connectivity index (χ0n) is 10.3. The van der Waals surface area contributed by atoms with Crippen molar-refractivity contribution in [3.8, 4) is 0 Å². The second kappa shape index (κ2) is 3.86.